The molecule has 1 aliphatic carbocycles. The maximum Gasteiger partial charge on any atom is 0.251 e. The zero-order valence-corrected chi connectivity index (χ0v) is 13.8. The second-order valence-corrected chi connectivity index (χ2v) is 7.75. The Morgan fingerprint density at radius 1 is 1.13 bits per heavy atom. The number of anilines is 1. The van der Waals surface area contributed by atoms with Crippen molar-refractivity contribution in [2.24, 2.45) is 0 Å². The van der Waals surface area contributed by atoms with Gasteiger partial charge in [0, 0.05) is 23.9 Å². The summed E-state index contributed by atoms with van der Waals surface area (Å²) in [7, 11) is -3.32. The zero-order valence-electron chi connectivity index (χ0n) is 13.0. The lowest BCUT2D eigenvalue weighted by Crippen LogP contribution is -2.14. The Morgan fingerprint density at radius 3 is 2.48 bits per heavy atom. The third-order valence-corrected chi connectivity index (χ3v) is 4.97. The van der Waals surface area contributed by atoms with Crippen LogP contribution in [0.15, 0.2) is 52.9 Å². The molecule has 0 aromatic heterocycles. The molecule has 1 N–H and O–H groups in total. The molecule has 0 atom stereocenters. The molecule has 23 heavy (non-hydrogen) atoms. The highest BCUT2D eigenvalue weighted by atomic mass is 32.2. The van der Waals surface area contributed by atoms with Crippen molar-refractivity contribution in [2.75, 3.05) is 11.6 Å². The van der Waals surface area contributed by atoms with Crippen molar-refractivity contribution in [3.63, 3.8) is 0 Å². The molecule has 3 rings (SSSR count). The van der Waals surface area contributed by atoms with Crippen molar-refractivity contribution in [3.05, 3.63) is 64.7 Å². The van der Waals surface area contributed by atoms with Gasteiger partial charge in [0.2, 0.25) is 0 Å². The molecule has 118 valence electrons. The summed E-state index contributed by atoms with van der Waals surface area (Å²) in [6.45, 7) is 1.85. The molecule has 0 bridgehead atoms. The molecule has 0 unspecified atom stereocenters. The van der Waals surface area contributed by atoms with Crippen LogP contribution in [-0.2, 0) is 21.1 Å². The molecule has 0 saturated heterocycles. The van der Waals surface area contributed by atoms with Gasteiger partial charge < -0.3 is 5.32 Å². The lowest BCUT2D eigenvalue weighted by atomic mass is 10.1. The van der Waals surface area contributed by atoms with E-state index in [1.54, 1.807) is 12.1 Å². The third-order valence-electron chi connectivity index (χ3n) is 3.81. The van der Waals surface area contributed by atoms with Gasteiger partial charge in [-0.05, 0) is 47.9 Å². The minimum Gasteiger partial charge on any atom is -0.322 e. The van der Waals surface area contributed by atoms with E-state index in [0.29, 0.717) is 28.1 Å². The number of para-hydroxylation sites is 1. The van der Waals surface area contributed by atoms with Gasteiger partial charge in [0.15, 0.2) is 9.84 Å². The van der Waals surface area contributed by atoms with Crippen molar-refractivity contribution >= 4 is 27.5 Å². The van der Waals surface area contributed by atoms with E-state index in [0.717, 1.165) is 11.1 Å². The number of hydrogen-bond donors (Lipinski definition) is 1. The molecule has 0 fully saturated rings. The van der Waals surface area contributed by atoms with Crippen molar-refractivity contribution in [1.82, 2.24) is 0 Å². The molecule has 0 heterocycles. The van der Waals surface area contributed by atoms with Crippen LogP contribution >= 0.6 is 0 Å². The van der Waals surface area contributed by atoms with E-state index in [2.05, 4.69) is 5.32 Å². The quantitative estimate of drug-likeness (QED) is 0.942. The fraction of sp³-hybridized carbons (Fsp3) is 0.167. The number of aryl methyl sites for hydroxylation is 1. The molecule has 0 spiro atoms. The third kappa shape index (κ3) is 3.19. The number of benzene rings is 2. The second kappa shape index (κ2) is 5.66. The van der Waals surface area contributed by atoms with Crippen LogP contribution in [0.5, 0.6) is 0 Å². The lowest BCUT2D eigenvalue weighted by molar-refractivity contribution is -0.112. The molecular formula is C18H17NO3S. The average molecular weight is 327 g/mol. The van der Waals surface area contributed by atoms with Crippen LogP contribution in [-0.4, -0.2) is 20.6 Å². The molecule has 1 amide bonds. The van der Waals surface area contributed by atoms with Crippen LogP contribution in [0.3, 0.4) is 0 Å². The van der Waals surface area contributed by atoms with Crippen LogP contribution in [0, 0.1) is 6.92 Å². The Kier molecular flexibility index (Phi) is 3.82. The number of hydrogen-bond acceptors (Lipinski definition) is 3. The summed E-state index contributed by atoms with van der Waals surface area (Å²) in [6.07, 6.45) is 3.30. The number of rotatable bonds is 3. The fourth-order valence-corrected chi connectivity index (χ4v) is 3.80. The smallest absolute Gasteiger partial charge is 0.251 e. The number of nitrogens with one attached hydrogen (secondary N) is 1. The lowest BCUT2D eigenvalue weighted by Gasteiger charge is -2.09. The van der Waals surface area contributed by atoms with Crippen LogP contribution in [0.1, 0.15) is 16.7 Å². The summed E-state index contributed by atoms with van der Waals surface area (Å²) in [5, 5.41) is 2.83. The van der Waals surface area contributed by atoms with Crippen LogP contribution in [0.4, 0.5) is 5.69 Å². The summed E-state index contributed by atoms with van der Waals surface area (Å²) in [5.41, 5.74) is 3.67. The van der Waals surface area contributed by atoms with Crippen molar-refractivity contribution in [2.45, 2.75) is 18.2 Å². The highest BCUT2D eigenvalue weighted by molar-refractivity contribution is 7.90. The zero-order chi connectivity index (χ0) is 16.6. The Balaban J connectivity index is 1.91. The summed E-state index contributed by atoms with van der Waals surface area (Å²) >= 11 is 0. The summed E-state index contributed by atoms with van der Waals surface area (Å²) in [6, 6.07) is 12.8. The molecule has 1 aliphatic rings. The summed E-state index contributed by atoms with van der Waals surface area (Å²) in [5.74, 6) is -0.204. The van der Waals surface area contributed by atoms with Gasteiger partial charge in [0.05, 0.1) is 4.90 Å². The van der Waals surface area contributed by atoms with Crippen molar-refractivity contribution in [3.8, 4) is 0 Å². The normalized spacial score (nSPS) is 13.4. The van der Waals surface area contributed by atoms with Gasteiger partial charge in [0.1, 0.15) is 0 Å². The number of fused-ring (bicyclic) bond motifs is 1. The van der Waals surface area contributed by atoms with E-state index in [9.17, 15) is 13.2 Å². The Labute approximate surface area is 135 Å². The highest BCUT2D eigenvalue weighted by Gasteiger charge is 2.25. The van der Waals surface area contributed by atoms with E-state index in [1.807, 2.05) is 43.3 Å². The number of sulfone groups is 1. The van der Waals surface area contributed by atoms with Gasteiger partial charge in [-0.1, -0.05) is 24.3 Å². The van der Waals surface area contributed by atoms with E-state index < -0.39 is 9.84 Å². The first-order valence-corrected chi connectivity index (χ1v) is 9.14. The van der Waals surface area contributed by atoms with E-state index in [-0.39, 0.29) is 5.91 Å². The van der Waals surface area contributed by atoms with Gasteiger partial charge in [-0.15, -0.1) is 0 Å². The second-order valence-electron chi connectivity index (χ2n) is 5.77. The minimum atomic E-state index is -3.32. The first-order valence-electron chi connectivity index (χ1n) is 7.25. The average Bonchev–Trinajstić information content (AvgIpc) is 2.90. The van der Waals surface area contributed by atoms with Gasteiger partial charge in [-0.3, -0.25) is 4.79 Å². The molecular weight excluding hydrogens is 310 g/mol. The van der Waals surface area contributed by atoms with Gasteiger partial charge in [-0.25, -0.2) is 8.42 Å². The van der Waals surface area contributed by atoms with Gasteiger partial charge in [-0.2, -0.15) is 0 Å². The maximum atomic E-state index is 12.4. The molecule has 2 aromatic rings. The molecule has 0 saturated carbocycles. The topological polar surface area (TPSA) is 63.2 Å². The van der Waals surface area contributed by atoms with Crippen molar-refractivity contribution in [1.29, 1.82) is 0 Å². The SMILES string of the molecule is Cc1cc2c(c(S(C)(=O)=O)c1)CC(C(=O)Nc1ccccc1)=C2. The Hall–Kier alpha value is -2.40. The summed E-state index contributed by atoms with van der Waals surface area (Å²) < 4.78 is 24.0. The summed E-state index contributed by atoms with van der Waals surface area (Å²) in [4.78, 5) is 12.7. The van der Waals surface area contributed by atoms with Crippen LogP contribution in [0.2, 0.25) is 0 Å². The van der Waals surface area contributed by atoms with Gasteiger partial charge in [0.25, 0.3) is 5.91 Å². The number of carbonyl (C=O) groups excluding carboxylic acids is 1. The Bertz CT molecular complexity index is 913. The van der Waals surface area contributed by atoms with Gasteiger partial charge >= 0.3 is 0 Å². The standard InChI is InChI=1S/C18H17NO3S/c1-12-8-13-10-14(11-16(13)17(9-12)23(2,21)22)18(20)19-15-6-4-3-5-7-15/h3-10H,11H2,1-2H3,(H,19,20). The highest BCUT2D eigenvalue weighted by Crippen LogP contribution is 2.32. The first-order chi connectivity index (χ1) is 10.8. The number of carbonyl (C=O) groups is 1. The largest absolute Gasteiger partial charge is 0.322 e. The first kappa shape index (κ1) is 15.5. The van der Waals surface area contributed by atoms with E-state index in [1.165, 1.54) is 6.26 Å². The van der Waals surface area contributed by atoms with E-state index >= 15 is 0 Å². The minimum absolute atomic E-state index is 0.204. The predicted octanol–water partition coefficient (Wildman–Crippen LogP) is 2.98. The Morgan fingerprint density at radius 2 is 1.83 bits per heavy atom. The number of amides is 1. The van der Waals surface area contributed by atoms with Crippen molar-refractivity contribution < 1.29 is 13.2 Å². The predicted molar refractivity (Wildman–Crippen MR) is 91.0 cm³/mol. The maximum absolute atomic E-state index is 12.4. The fourth-order valence-electron chi connectivity index (χ4n) is 2.77. The van der Waals surface area contributed by atoms with E-state index in [4.69, 9.17) is 0 Å². The molecule has 5 heteroatoms. The molecule has 4 nitrogen and oxygen atoms in total. The molecule has 0 aliphatic heterocycles. The molecule has 0 radical (unpaired) electrons. The van der Waals surface area contributed by atoms with Crippen LogP contribution < -0.4 is 5.32 Å². The van der Waals surface area contributed by atoms with Crippen LogP contribution in [0.25, 0.3) is 6.08 Å². The molecule has 2 aromatic carbocycles. The monoisotopic (exact) mass is 327 g/mol.